The molecule has 0 unspecified atom stereocenters. The predicted octanol–water partition coefficient (Wildman–Crippen LogP) is 0.609. The van der Waals surface area contributed by atoms with E-state index in [9.17, 15) is 18.0 Å². The molecular formula is C16H16N4O4S. The summed E-state index contributed by atoms with van der Waals surface area (Å²) in [6.07, 6.45) is 1.13. The first kappa shape index (κ1) is 18.4. The smallest absolute Gasteiger partial charge is 0.251 e. The van der Waals surface area contributed by atoms with Gasteiger partial charge in [-0.15, -0.1) is 0 Å². The molecule has 0 atom stereocenters. The number of carbonyl (C=O) groups excluding carboxylic acids is 1. The van der Waals surface area contributed by atoms with E-state index in [-0.39, 0.29) is 11.4 Å². The average Bonchev–Trinajstić information content (AvgIpc) is 2.56. The lowest BCUT2D eigenvalue weighted by atomic mass is 10.2. The van der Waals surface area contributed by atoms with Gasteiger partial charge in [-0.3, -0.25) is 9.59 Å². The van der Waals surface area contributed by atoms with Crippen LogP contribution in [0.1, 0.15) is 5.56 Å². The van der Waals surface area contributed by atoms with E-state index >= 15 is 0 Å². The molecule has 8 nitrogen and oxygen atoms in total. The summed E-state index contributed by atoms with van der Waals surface area (Å²) in [7, 11) is -0.965. The summed E-state index contributed by atoms with van der Waals surface area (Å²) in [5.74, 6) is -0.517. The fourth-order valence-electron chi connectivity index (χ4n) is 2.02. The number of benzene rings is 1. The van der Waals surface area contributed by atoms with Crippen molar-refractivity contribution in [1.82, 2.24) is 8.87 Å². The fourth-order valence-corrected chi connectivity index (χ4v) is 2.94. The van der Waals surface area contributed by atoms with Gasteiger partial charge in [0.2, 0.25) is 15.9 Å². The minimum atomic E-state index is -3.71. The van der Waals surface area contributed by atoms with Gasteiger partial charge < -0.3 is 9.88 Å². The van der Waals surface area contributed by atoms with Gasteiger partial charge in [-0.05, 0) is 24.3 Å². The minimum Gasteiger partial charge on any atom is -0.324 e. The second-order valence-electron chi connectivity index (χ2n) is 5.36. The van der Waals surface area contributed by atoms with Crippen LogP contribution in [0.25, 0.3) is 0 Å². The van der Waals surface area contributed by atoms with Crippen molar-refractivity contribution in [3.8, 4) is 6.07 Å². The van der Waals surface area contributed by atoms with Gasteiger partial charge in [0.05, 0.1) is 16.5 Å². The van der Waals surface area contributed by atoms with E-state index in [0.717, 1.165) is 21.1 Å². The zero-order chi connectivity index (χ0) is 18.6. The molecule has 130 valence electrons. The van der Waals surface area contributed by atoms with Crippen LogP contribution in [0.15, 0.2) is 52.3 Å². The van der Waals surface area contributed by atoms with Crippen molar-refractivity contribution in [1.29, 1.82) is 5.26 Å². The third-order valence-electron chi connectivity index (χ3n) is 3.32. The standard InChI is InChI=1S/C16H16N4O4S/c1-19(2)25(23,24)14-6-7-16(22)20(10-14)11-15(21)18-13-5-3-4-12(8-13)9-17/h3-8,10H,11H2,1-2H3,(H,18,21). The number of rotatable bonds is 5. The third kappa shape index (κ3) is 4.32. The highest BCUT2D eigenvalue weighted by Gasteiger charge is 2.18. The van der Waals surface area contributed by atoms with Crippen molar-refractivity contribution in [3.63, 3.8) is 0 Å². The number of amides is 1. The number of sulfonamides is 1. The number of hydrogen-bond donors (Lipinski definition) is 1. The Morgan fingerprint density at radius 2 is 2.00 bits per heavy atom. The number of anilines is 1. The molecule has 1 N–H and O–H groups in total. The Morgan fingerprint density at radius 3 is 2.64 bits per heavy atom. The molecule has 0 saturated carbocycles. The Hall–Kier alpha value is -2.96. The molecule has 2 aromatic rings. The molecule has 1 aromatic heterocycles. The van der Waals surface area contributed by atoms with Gasteiger partial charge in [-0.1, -0.05) is 6.07 Å². The molecule has 0 bridgehead atoms. The van der Waals surface area contributed by atoms with Crippen LogP contribution in [0.2, 0.25) is 0 Å². The van der Waals surface area contributed by atoms with Crippen molar-refractivity contribution < 1.29 is 13.2 Å². The van der Waals surface area contributed by atoms with Gasteiger partial charge in [0.25, 0.3) is 5.56 Å². The Kier molecular flexibility index (Phi) is 5.36. The van der Waals surface area contributed by atoms with Crippen LogP contribution < -0.4 is 10.9 Å². The summed E-state index contributed by atoms with van der Waals surface area (Å²) in [5, 5.41) is 11.4. The average molecular weight is 360 g/mol. The predicted molar refractivity (Wildman–Crippen MR) is 91.4 cm³/mol. The minimum absolute atomic E-state index is 0.0867. The molecule has 0 aliphatic heterocycles. The summed E-state index contributed by atoms with van der Waals surface area (Å²) < 4.78 is 26.3. The zero-order valence-electron chi connectivity index (χ0n) is 13.6. The van der Waals surface area contributed by atoms with Gasteiger partial charge in [0, 0.05) is 32.0 Å². The van der Waals surface area contributed by atoms with Crippen LogP contribution in [0, 0.1) is 11.3 Å². The number of nitrogens with zero attached hydrogens (tertiary/aromatic N) is 3. The second-order valence-corrected chi connectivity index (χ2v) is 7.51. The lowest BCUT2D eigenvalue weighted by Gasteiger charge is -2.13. The highest BCUT2D eigenvalue weighted by atomic mass is 32.2. The molecule has 9 heteroatoms. The van der Waals surface area contributed by atoms with Crippen LogP contribution >= 0.6 is 0 Å². The van der Waals surface area contributed by atoms with Crippen molar-refractivity contribution >= 4 is 21.6 Å². The lowest BCUT2D eigenvalue weighted by molar-refractivity contribution is -0.116. The molecule has 1 heterocycles. The van der Waals surface area contributed by atoms with Crippen LogP contribution in [0.3, 0.4) is 0 Å². The van der Waals surface area contributed by atoms with E-state index in [1.165, 1.54) is 26.2 Å². The molecule has 2 rings (SSSR count). The Bertz CT molecular complexity index is 1000. The van der Waals surface area contributed by atoms with Gasteiger partial charge in [-0.25, -0.2) is 12.7 Å². The first-order valence-corrected chi connectivity index (χ1v) is 8.61. The first-order valence-electron chi connectivity index (χ1n) is 7.17. The molecule has 0 aliphatic carbocycles. The Morgan fingerprint density at radius 1 is 1.28 bits per heavy atom. The molecule has 0 radical (unpaired) electrons. The van der Waals surface area contributed by atoms with E-state index in [1.807, 2.05) is 6.07 Å². The number of nitrogens with one attached hydrogen (secondary N) is 1. The Labute approximate surface area is 145 Å². The van der Waals surface area contributed by atoms with E-state index in [4.69, 9.17) is 5.26 Å². The van der Waals surface area contributed by atoms with E-state index in [0.29, 0.717) is 11.3 Å². The van der Waals surface area contributed by atoms with E-state index in [2.05, 4.69) is 5.32 Å². The van der Waals surface area contributed by atoms with Crippen molar-refractivity contribution in [2.75, 3.05) is 19.4 Å². The molecule has 0 saturated heterocycles. The first-order chi connectivity index (χ1) is 11.7. The highest BCUT2D eigenvalue weighted by molar-refractivity contribution is 7.89. The van der Waals surface area contributed by atoms with Crippen LogP contribution in [0.5, 0.6) is 0 Å². The van der Waals surface area contributed by atoms with Crippen molar-refractivity contribution in [2.24, 2.45) is 0 Å². The topological polar surface area (TPSA) is 112 Å². The summed E-state index contributed by atoms with van der Waals surface area (Å²) in [6.45, 7) is -0.355. The monoisotopic (exact) mass is 360 g/mol. The maximum absolute atomic E-state index is 12.1. The number of aromatic nitrogens is 1. The van der Waals surface area contributed by atoms with Gasteiger partial charge in [0.1, 0.15) is 6.54 Å². The summed E-state index contributed by atoms with van der Waals surface area (Å²) in [6, 6.07) is 10.6. The van der Waals surface area contributed by atoms with Crippen LogP contribution in [0.4, 0.5) is 5.69 Å². The largest absolute Gasteiger partial charge is 0.324 e. The van der Waals surface area contributed by atoms with E-state index < -0.39 is 21.5 Å². The number of carbonyl (C=O) groups is 1. The van der Waals surface area contributed by atoms with Crippen molar-refractivity contribution in [2.45, 2.75) is 11.4 Å². The maximum Gasteiger partial charge on any atom is 0.251 e. The normalized spacial score (nSPS) is 11.1. The molecule has 1 aromatic carbocycles. The Balaban J connectivity index is 2.23. The fraction of sp³-hybridized carbons (Fsp3) is 0.188. The second kappa shape index (κ2) is 7.29. The number of hydrogen-bond acceptors (Lipinski definition) is 5. The SMILES string of the molecule is CN(C)S(=O)(=O)c1ccc(=O)n(CC(=O)Nc2cccc(C#N)c2)c1. The quantitative estimate of drug-likeness (QED) is 0.839. The third-order valence-corrected chi connectivity index (χ3v) is 5.12. The summed E-state index contributed by atoms with van der Waals surface area (Å²) in [4.78, 5) is 23.9. The van der Waals surface area contributed by atoms with E-state index in [1.54, 1.807) is 18.2 Å². The van der Waals surface area contributed by atoms with Crippen LogP contribution in [-0.4, -0.2) is 37.3 Å². The van der Waals surface area contributed by atoms with Gasteiger partial charge in [0.15, 0.2) is 0 Å². The molecule has 1 amide bonds. The van der Waals surface area contributed by atoms with Gasteiger partial charge in [-0.2, -0.15) is 5.26 Å². The van der Waals surface area contributed by atoms with Gasteiger partial charge >= 0.3 is 0 Å². The summed E-state index contributed by atoms with van der Waals surface area (Å²) in [5.41, 5.74) is 0.293. The van der Waals surface area contributed by atoms with Crippen LogP contribution in [-0.2, 0) is 21.4 Å². The maximum atomic E-state index is 12.1. The number of nitriles is 1. The van der Waals surface area contributed by atoms with Crippen molar-refractivity contribution in [3.05, 3.63) is 58.5 Å². The highest BCUT2D eigenvalue weighted by Crippen LogP contribution is 2.12. The lowest BCUT2D eigenvalue weighted by Crippen LogP contribution is -2.29. The molecule has 0 spiro atoms. The molecule has 0 aliphatic rings. The molecular weight excluding hydrogens is 344 g/mol. The summed E-state index contributed by atoms with van der Waals surface area (Å²) >= 11 is 0. The molecule has 0 fully saturated rings. The number of pyridine rings is 1. The molecule has 25 heavy (non-hydrogen) atoms. The zero-order valence-corrected chi connectivity index (χ0v) is 14.4.